The van der Waals surface area contributed by atoms with Crippen molar-refractivity contribution in [1.29, 1.82) is 0 Å². The molecule has 0 saturated carbocycles. The molecule has 17 nitrogen and oxygen atoms in total. The summed E-state index contributed by atoms with van der Waals surface area (Å²) >= 11 is 0. The summed E-state index contributed by atoms with van der Waals surface area (Å²) in [7, 11) is 1.57. The number of likely N-dealkylation sites (N-methyl/N-ethyl adjacent to an activating group) is 1. The van der Waals surface area contributed by atoms with E-state index in [2.05, 4.69) is 0 Å². The second-order valence-electron chi connectivity index (χ2n) is 10.5. The smallest absolute Gasteiger partial charge is 0.317 e. The van der Waals surface area contributed by atoms with Gasteiger partial charge in [-0.3, -0.25) is 34.0 Å². The van der Waals surface area contributed by atoms with Crippen molar-refractivity contribution in [2.45, 2.75) is 30.5 Å². The van der Waals surface area contributed by atoms with E-state index in [-0.39, 0.29) is 65.4 Å². The molecule has 5 unspecified atom stereocenters. The van der Waals surface area contributed by atoms with E-state index >= 15 is 0 Å². The molecule has 0 aliphatic carbocycles. The molecule has 0 radical (unpaired) electrons. The van der Waals surface area contributed by atoms with Gasteiger partial charge in [0.25, 0.3) is 0 Å². The summed E-state index contributed by atoms with van der Waals surface area (Å²) in [6, 6.07) is 0. The van der Waals surface area contributed by atoms with E-state index in [1.807, 2.05) is 4.90 Å². The van der Waals surface area contributed by atoms with Crippen LogP contribution in [0.3, 0.4) is 0 Å². The molecule has 0 aromatic rings. The van der Waals surface area contributed by atoms with Gasteiger partial charge in [-0.1, -0.05) is 0 Å². The summed E-state index contributed by atoms with van der Waals surface area (Å²) in [6.07, 6.45) is -7.59. The first-order valence-electron chi connectivity index (χ1n) is 13.5. The topological polar surface area (TPSA) is 249 Å². The number of carboxylic acids is 3. The molecule has 0 bridgehead atoms. The maximum Gasteiger partial charge on any atom is 0.317 e. The van der Waals surface area contributed by atoms with Crippen molar-refractivity contribution < 1.29 is 60.3 Å². The number of hydrogen-bond donors (Lipinski definition) is 9. The summed E-state index contributed by atoms with van der Waals surface area (Å²) in [5, 5.41) is 87.1. The molecule has 17 heteroatoms. The van der Waals surface area contributed by atoms with Gasteiger partial charge >= 0.3 is 17.9 Å². The first kappa shape index (κ1) is 37.0. The number of carbonyl (C=O) groups is 3. The van der Waals surface area contributed by atoms with Gasteiger partial charge in [-0.15, -0.1) is 0 Å². The Morgan fingerprint density at radius 2 is 0.951 bits per heavy atom. The third-order valence-corrected chi connectivity index (χ3v) is 6.82. The molecular weight excluding hydrogens is 550 g/mol. The predicted octanol–water partition coefficient (Wildman–Crippen LogP) is -5.81. The van der Waals surface area contributed by atoms with E-state index in [4.69, 9.17) is 5.11 Å². The van der Waals surface area contributed by atoms with Crippen molar-refractivity contribution in [1.82, 2.24) is 24.5 Å². The monoisotopic (exact) mass is 597 g/mol. The maximum absolute atomic E-state index is 11.4. The minimum Gasteiger partial charge on any atom is -0.480 e. The summed E-state index contributed by atoms with van der Waals surface area (Å²) in [4.78, 5) is 42.5. The summed E-state index contributed by atoms with van der Waals surface area (Å²) < 4.78 is 0. The Morgan fingerprint density at radius 3 is 1.29 bits per heavy atom. The van der Waals surface area contributed by atoms with E-state index in [0.29, 0.717) is 26.2 Å². The second kappa shape index (κ2) is 19.2. The summed E-state index contributed by atoms with van der Waals surface area (Å²) in [6.45, 7) is 0.758. The molecule has 1 aliphatic rings. The molecule has 240 valence electrons. The zero-order chi connectivity index (χ0) is 31.1. The number of aliphatic carboxylic acids is 3. The molecule has 0 spiro atoms. The third-order valence-electron chi connectivity index (χ3n) is 6.82. The van der Waals surface area contributed by atoms with Crippen LogP contribution in [0, 0.1) is 0 Å². The number of aliphatic hydroxyl groups is 6. The van der Waals surface area contributed by atoms with Crippen molar-refractivity contribution >= 4 is 17.9 Å². The lowest BCUT2D eigenvalue weighted by atomic mass is 10.0. The Balaban J connectivity index is 2.88. The molecule has 9 N–H and O–H groups in total. The maximum atomic E-state index is 11.4. The van der Waals surface area contributed by atoms with Crippen LogP contribution in [0.25, 0.3) is 0 Å². The number of carboxylic acid groups (broad SMARTS) is 3. The van der Waals surface area contributed by atoms with Crippen LogP contribution >= 0.6 is 0 Å². The van der Waals surface area contributed by atoms with Crippen molar-refractivity contribution in [3.8, 4) is 0 Å². The molecule has 0 aromatic heterocycles. The predicted molar refractivity (Wildman–Crippen MR) is 143 cm³/mol. The highest BCUT2D eigenvalue weighted by atomic mass is 16.4. The van der Waals surface area contributed by atoms with Crippen LogP contribution < -0.4 is 0 Å². The quantitative estimate of drug-likeness (QED) is 0.0803. The minimum absolute atomic E-state index is 0.0424. The molecule has 0 aromatic carbocycles. The van der Waals surface area contributed by atoms with E-state index in [9.17, 15) is 55.2 Å². The fraction of sp³-hybridized carbons (Fsp3) is 0.875. The average molecular weight is 598 g/mol. The number of hydrogen-bond acceptors (Lipinski definition) is 14. The minimum atomic E-state index is -1.77. The van der Waals surface area contributed by atoms with Crippen LogP contribution in [0.1, 0.15) is 0 Å². The first-order valence-corrected chi connectivity index (χ1v) is 13.5. The SMILES string of the molecule is CN(CC(O)CN1CCN(CC(=O)O)CCN(CC(=O)O)CCN(CC(=O)O)CC1)CC(O)C(O)C(O)C(O)CO. The molecular formula is C24H47N5O12. The standard InChI is InChI=1S/C24H47N5O12/c1-25(12-18(32)23(40)24(41)19(33)16-30)10-17(31)11-26-2-4-27(13-20(34)35)6-8-29(15-22(38)39)9-7-28(5-3-26)14-21(36)37/h17-19,23-24,30-33,40-41H,2-16H2,1H3,(H,34,35)(H,36,37)(H,38,39). The zero-order valence-electron chi connectivity index (χ0n) is 23.5. The lowest BCUT2D eigenvalue weighted by molar-refractivity contribution is -0.140. The fourth-order valence-electron chi connectivity index (χ4n) is 4.59. The highest BCUT2D eigenvalue weighted by Gasteiger charge is 2.31. The van der Waals surface area contributed by atoms with Gasteiger partial charge in [-0.2, -0.15) is 0 Å². The summed E-state index contributed by atoms with van der Waals surface area (Å²) in [5.41, 5.74) is 0. The van der Waals surface area contributed by atoms with Crippen LogP contribution in [0.2, 0.25) is 0 Å². The van der Waals surface area contributed by atoms with Crippen LogP contribution in [-0.2, 0) is 14.4 Å². The molecule has 5 atom stereocenters. The van der Waals surface area contributed by atoms with Gasteiger partial charge in [-0.05, 0) is 7.05 Å². The average Bonchev–Trinajstić information content (AvgIpc) is 2.87. The Kier molecular flexibility index (Phi) is 17.3. The van der Waals surface area contributed by atoms with E-state index in [1.165, 1.54) is 4.90 Å². The van der Waals surface area contributed by atoms with Gasteiger partial charge < -0.3 is 50.9 Å². The lowest BCUT2D eigenvalue weighted by Crippen LogP contribution is -2.51. The second-order valence-corrected chi connectivity index (χ2v) is 10.5. The van der Waals surface area contributed by atoms with E-state index < -0.39 is 55.0 Å². The van der Waals surface area contributed by atoms with Crippen LogP contribution in [0.15, 0.2) is 0 Å². The van der Waals surface area contributed by atoms with Crippen molar-refractivity contribution in [3.63, 3.8) is 0 Å². The highest BCUT2D eigenvalue weighted by molar-refractivity contribution is 5.69. The third kappa shape index (κ3) is 15.7. The van der Waals surface area contributed by atoms with Crippen molar-refractivity contribution in [2.75, 3.05) is 105 Å². The van der Waals surface area contributed by atoms with Gasteiger partial charge in [0.2, 0.25) is 0 Å². The normalized spacial score (nSPS) is 21.4. The zero-order valence-corrected chi connectivity index (χ0v) is 23.5. The first-order chi connectivity index (χ1) is 19.2. The molecule has 41 heavy (non-hydrogen) atoms. The van der Waals surface area contributed by atoms with E-state index in [0.717, 1.165) is 0 Å². The number of rotatable bonds is 16. The highest BCUT2D eigenvalue weighted by Crippen LogP contribution is 2.08. The van der Waals surface area contributed by atoms with Crippen LogP contribution in [-0.4, -0.2) is 224 Å². The number of β-amino-alcohol motifs (C(OH)–C–C–N with tert-alkyl or cyclic N) is 1. The van der Waals surface area contributed by atoms with Crippen LogP contribution in [0.5, 0.6) is 0 Å². The lowest BCUT2D eigenvalue weighted by Gasteiger charge is -2.34. The molecule has 1 rings (SSSR count). The van der Waals surface area contributed by atoms with Gasteiger partial charge in [0.15, 0.2) is 0 Å². The number of aliphatic hydroxyl groups excluding tert-OH is 6. The molecule has 1 saturated heterocycles. The molecule has 0 amide bonds. The van der Waals surface area contributed by atoms with Crippen molar-refractivity contribution in [3.05, 3.63) is 0 Å². The fourth-order valence-corrected chi connectivity index (χ4v) is 4.59. The molecule has 1 heterocycles. The van der Waals surface area contributed by atoms with E-state index in [1.54, 1.807) is 21.7 Å². The number of nitrogens with zero attached hydrogens (tertiary/aromatic N) is 5. The van der Waals surface area contributed by atoms with Gasteiger partial charge in [-0.25, -0.2) is 0 Å². The van der Waals surface area contributed by atoms with Gasteiger partial charge in [0, 0.05) is 72.0 Å². The van der Waals surface area contributed by atoms with Gasteiger partial charge in [0.1, 0.15) is 18.3 Å². The Bertz CT molecular complexity index is 764. The molecule has 1 aliphatic heterocycles. The van der Waals surface area contributed by atoms with Crippen LogP contribution in [0.4, 0.5) is 0 Å². The summed E-state index contributed by atoms with van der Waals surface area (Å²) in [5.74, 6) is -3.13. The Labute approximate surface area is 239 Å². The van der Waals surface area contributed by atoms with Crippen molar-refractivity contribution in [2.24, 2.45) is 0 Å². The molecule has 1 fully saturated rings. The Morgan fingerprint density at radius 1 is 0.610 bits per heavy atom. The largest absolute Gasteiger partial charge is 0.480 e. The van der Waals surface area contributed by atoms with Gasteiger partial charge in [0.05, 0.1) is 38.4 Å². The Hall–Kier alpha value is -2.03.